The number of hydrogen-bond acceptors (Lipinski definition) is 4. The number of nitrogens with one attached hydrogen (secondary N) is 1. The Labute approximate surface area is 103 Å². The van der Waals surface area contributed by atoms with Gasteiger partial charge in [-0.05, 0) is 12.1 Å². The predicted octanol–water partition coefficient (Wildman–Crippen LogP) is 1.73. The van der Waals surface area contributed by atoms with Gasteiger partial charge in [-0.2, -0.15) is 0 Å². The molecular weight excluding hydrogens is 297 g/mol. The second-order valence-corrected chi connectivity index (χ2v) is 5.12. The Morgan fingerprint density at radius 2 is 2.38 bits per heavy atom. The molecular formula is C9H7BrFN3OS. The summed E-state index contributed by atoms with van der Waals surface area (Å²) in [6.07, 6.45) is 0.0624. The van der Waals surface area contributed by atoms with Gasteiger partial charge in [0.05, 0.1) is 11.1 Å². The van der Waals surface area contributed by atoms with Crippen LogP contribution < -0.4 is 11.3 Å². The van der Waals surface area contributed by atoms with Crippen LogP contribution in [0.15, 0.2) is 16.6 Å². The maximum absolute atomic E-state index is 13.5. The number of benzene rings is 1. The number of carbonyl (C=O) groups is 1. The van der Waals surface area contributed by atoms with Crippen LogP contribution in [0.5, 0.6) is 0 Å². The number of nitrogens with two attached hydrogens (primary N) is 1. The zero-order chi connectivity index (χ0) is 11.7. The lowest BCUT2D eigenvalue weighted by molar-refractivity contribution is -0.120. The van der Waals surface area contributed by atoms with Gasteiger partial charge in [-0.3, -0.25) is 10.2 Å². The molecule has 0 saturated carbocycles. The van der Waals surface area contributed by atoms with E-state index in [-0.39, 0.29) is 17.8 Å². The lowest BCUT2D eigenvalue weighted by Gasteiger charge is -1.93. The Morgan fingerprint density at radius 1 is 1.62 bits per heavy atom. The number of thiazole rings is 1. The molecule has 1 amide bonds. The largest absolute Gasteiger partial charge is 0.294 e. The lowest BCUT2D eigenvalue weighted by Crippen LogP contribution is -2.31. The molecule has 0 radical (unpaired) electrons. The highest BCUT2D eigenvalue weighted by Crippen LogP contribution is 2.28. The van der Waals surface area contributed by atoms with Crippen molar-refractivity contribution in [1.82, 2.24) is 10.4 Å². The number of nitrogens with zero attached hydrogens (tertiary/aromatic N) is 1. The molecule has 2 aromatic rings. The molecule has 0 aliphatic rings. The molecule has 2 rings (SSSR count). The molecule has 0 unspecified atom stereocenters. The fourth-order valence-corrected chi connectivity index (χ4v) is 2.87. The fraction of sp³-hybridized carbons (Fsp3) is 0.111. The zero-order valence-electron chi connectivity index (χ0n) is 7.96. The molecule has 1 heterocycles. The van der Waals surface area contributed by atoms with Gasteiger partial charge in [-0.1, -0.05) is 15.9 Å². The first-order valence-electron chi connectivity index (χ1n) is 4.34. The van der Waals surface area contributed by atoms with E-state index in [1.807, 2.05) is 5.43 Å². The third-order valence-electron chi connectivity index (χ3n) is 1.93. The molecule has 0 fully saturated rings. The minimum absolute atomic E-state index is 0.0624. The second kappa shape index (κ2) is 4.44. The van der Waals surface area contributed by atoms with Crippen LogP contribution in [-0.4, -0.2) is 10.9 Å². The molecule has 7 heteroatoms. The summed E-state index contributed by atoms with van der Waals surface area (Å²) in [5.74, 6) is 4.21. The summed E-state index contributed by atoms with van der Waals surface area (Å²) in [4.78, 5) is 15.1. The average molecular weight is 304 g/mol. The van der Waals surface area contributed by atoms with Crippen LogP contribution in [-0.2, 0) is 11.2 Å². The number of aromatic nitrogens is 1. The monoisotopic (exact) mass is 303 g/mol. The number of hydrazine groups is 1. The van der Waals surface area contributed by atoms with Crippen molar-refractivity contribution < 1.29 is 9.18 Å². The number of rotatable bonds is 2. The Balaban J connectivity index is 2.44. The summed E-state index contributed by atoms with van der Waals surface area (Å²) in [6, 6.07) is 3.11. The minimum Gasteiger partial charge on any atom is -0.294 e. The normalized spacial score (nSPS) is 10.7. The van der Waals surface area contributed by atoms with Gasteiger partial charge in [0.15, 0.2) is 5.82 Å². The molecule has 16 heavy (non-hydrogen) atoms. The maximum Gasteiger partial charge on any atom is 0.240 e. The van der Waals surface area contributed by atoms with E-state index in [4.69, 9.17) is 5.84 Å². The first-order chi connectivity index (χ1) is 7.60. The number of fused-ring (bicyclic) bond motifs is 1. The number of hydrogen-bond donors (Lipinski definition) is 2. The van der Waals surface area contributed by atoms with Crippen molar-refractivity contribution in [2.45, 2.75) is 6.42 Å². The van der Waals surface area contributed by atoms with Crippen molar-refractivity contribution in [2.75, 3.05) is 0 Å². The third kappa shape index (κ3) is 2.21. The summed E-state index contributed by atoms with van der Waals surface area (Å²) < 4.78 is 14.8. The number of carbonyl (C=O) groups excluding carboxylic acids is 1. The number of halogens is 2. The van der Waals surface area contributed by atoms with Crippen LogP contribution in [0.1, 0.15) is 5.01 Å². The molecule has 84 valence electrons. The molecule has 0 atom stereocenters. The highest BCUT2D eigenvalue weighted by atomic mass is 79.9. The van der Waals surface area contributed by atoms with Crippen LogP contribution in [0.3, 0.4) is 0 Å². The van der Waals surface area contributed by atoms with E-state index in [0.717, 1.165) is 0 Å². The topological polar surface area (TPSA) is 68.0 Å². The summed E-state index contributed by atoms with van der Waals surface area (Å²) in [7, 11) is 0. The van der Waals surface area contributed by atoms with E-state index >= 15 is 0 Å². The zero-order valence-corrected chi connectivity index (χ0v) is 10.4. The molecule has 0 bridgehead atoms. The molecule has 0 aliphatic heterocycles. The van der Waals surface area contributed by atoms with Gasteiger partial charge in [0.2, 0.25) is 5.91 Å². The second-order valence-electron chi connectivity index (χ2n) is 3.09. The van der Waals surface area contributed by atoms with Crippen molar-refractivity contribution in [3.8, 4) is 0 Å². The van der Waals surface area contributed by atoms with Crippen LogP contribution in [0, 0.1) is 5.82 Å². The Morgan fingerprint density at radius 3 is 3.06 bits per heavy atom. The van der Waals surface area contributed by atoms with E-state index in [0.29, 0.717) is 14.2 Å². The third-order valence-corrected chi connectivity index (χ3v) is 3.39. The van der Waals surface area contributed by atoms with Gasteiger partial charge in [-0.25, -0.2) is 15.2 Å². The van der Waals surface area contributed by atoms with Crippen molar-refractivity contribution in [3.63, 3.8) is 0 Å². The first-order valence-corrected chi connectivity index (χ1v) is 5.95. The van der Waals surface area contributed by atoms with E-state index < -0.39 is 5.82 Å². The van der Waals surface area contributed by atoms with Crippen LogP contribution in [0.2, 0.25) is 0 Å². The van der Waals surface area contributed by atoms with Gasteiger partial charge in [0, 0.05) is 4.47 Å². The summed E-state index contributed by atoms with van der Waals surface area (Å²) >= 11 is 4.47. The summed E-state index contributed by atoms with van der Waals surface area (Å²) in [5, 5.41) is 0.537. The molecule has 1 aromatic heterocycles. The molecule has 1 aromatic carbocycles. The van der Waals surface area contributed by atoms with E-state index in [1.54, 1.807) is 6.07 Å². The molecule has 0 saturated heterocycles. The van der Waals surface area contributed by atoms with E-state index in [1.165, 1.54) is 17.4 Å². The summed E-state index contributed by atoms with van der Waals surface area (Å²) in [6.45, 7) is 0. The molecule has 4 nitrogen and oxygen atoms in total. The number of amides is 1. The standard InChI is InChI=1S/C9H7BrFN3OS/c10-4-1-5(11)9-6(2-4)16-8(13-9)3-7(15)14-12/h1-2H,3,12H2,(H,14,15). The predicted molar refractivity (Wildman–Crippen MR) is 63.3 cm³/mol. The lowest BCUT2D eigenvalue weighted by atomic mass is 10.3. The fourth-order valence-electron chi connectivity index (χ4n) is 1.27. The van der Waals surface area contributed by atoms with Crippen LogP contribution >= 0.6 is 27.3 Å². The first kappa shape index (κ1) is 11.4. The minimum atomic E-state index is -0.403. The quantitative estimate of drug-likeness (QED) is 0.504. The molecule has 0 spiro atoms. The summed E-state index contributed by atoms with van der Waals surface area (Å²) in [5.41, 5.74) is 2.29. The van der Waals surface area contributed by atoms with Gasteiger partial charge < -0.3 is 0 Å². The highest BCUT2D eigenvalue weighted by molar-refractivity contribution is 9.10. The van der Waals surface area contributed by atoms with E-state index in [2.05, 4.69) is 20.9 Å². The maximum atomic E-state index is 13.5. The highest BCUT2D eigenvalue weighted by Gasteiger charge is 2.11. The van der Waals surface area contributed by atoms with Crippen molar-refractivity contribution in [1.29, 1.82) is 0 Å². The Kier molecular flexibility index (Phi) is 3.17. The van der Waals surface area contributed by atoms with Gasteiger partial charge >= 0.3 is 0 Å². The average Bonchev–Trinajstić information content (AvgIpc) is 2.60. The van der Waals surface area contributed by atoms with Gasteiger partial charge in [0.1, 0.15) is 10.5 Å². The van der Waals surface area contributed by atoms with E-state index in [9.17, 15) is 9.18 Å². The van der Waals surface area contributed by atoms with Gasteiger partial charge in [-0.15, -0.1) is 11.3 Å². The Hall–Kier alpha value is -1.05. The van der Waals surface area contributed by atoms with Crippen molar-refractivity contribution >= 4 is 43.4 Å². The van der Waals surface area contributed by atoms with Gasteiger partial charge in [0.25, 0.3) is 0 Å². The van der Waals surface area contributed by atoms with Crippen LogP contribution in [0.25, 0.3) is 10.2 Å². The smallest absolute Gasteiger partial charge is 0.240 e. The van der Waals surface area contributed by atoms with Crippen molar-refractivity contribution in [2.24, 2.45) is 5.84 Å². The SMILES string of the molecule is NNC(=O)Cc1nc2c(F)cc(Br)cc2s1. The van der Waals surface area contributed by atoms with Crippen LogP contribution in [0.4, 0.5) is 4.39 Å². The Bertz CT molecular complexity index is 557. The molecule has 0 aliphatic carbocycles. The molecule has 3 N–H and O–H groups in total. The van der Waals surface area contributed by atoms with Crippen molar-refractivity contribution in [3.05, 3.63) is 27.4 Å².